The van der Waals surface area contributed by atoms with Crippen LogP contribution in [-0.2, 0) is 18.3 Å². The first-order valence-electron chi connectivity index (χ1n) is 7.22. The molecule has 8 nitrogen and oxygen atoms in total. The van der Waals surface area contributed by atoms with Crippen LogP contribution in [0, 0.1) is 10.1 Å². The fourth-order valence-corrected chi connectivity index (χ4v) is 2.01. The highest BCUT2D eigenvalue weighted by Gasteiger charge is 2.25. The van der Waals surface area contributed by atoms with Crippen LogP contribution in [0.25, 0.3) is 0 Å². The Balaban J connectivity index is 2.70. The number of carbonyl (C=O) groups is 1. The zero-order chi connectivity index (χ0) is 15.8. The van der Waals surface area contributed by atoms with E-state index in [4.69, 9.17) is 0 Å². The zero-order valence-electron chi connectivity index (χ0n) is 12.8. The van der Waals surface area contributed by atoms with Crippen LogP contribution in [-0.4, -0.2) is 33.7 Å². The summed E-state index contributed by atoms with van der Waals surface area (Å²) in [5.74, 6) is 0.287. The van der Waals surface area contributed by atoms with Crippen molar-refractivity contribution in [3.8, 4) is 0 Å². The van der Waals surface area contributed by atoms with Gasteiger partial charge in [0.2, 0.25) is 11.7 Å². The molecule has 0 radical (unpaired) electrons. The molecule has 0 fully saturated rings. The van der Waals surface area contributed by atoms with Crippen molar-refractivity contribution in [2.75, 3.05) is 18.4 Å². The summed E-state index contributed by atoms with van der Waals surface area (Å²) in [6.07, 6.45) is 2.50. The largest absolute Gasteiger partial charge is 0.364 e. The first-order chi connectivity index (χ1) is 10.0. The number of carbonyl (C=O) groups excluding carboxylic acids is 1. The van der Waals surface area contributed by atoms with Crippen molar-refractivity contribution >= 4 is 17.4 Å². The highest BCUT2D eigenvalue weighted by Crippen LogP contribution is 2.28. The Kier molecular flexibility index (Phi) is 6.64. The van der Waals surface area contributed by atoms with Crippen LogP contribution in [0.3, 0.4) is 0 Å². The van der Waals surface area contributed by atoms with E-state index in [9.17, 15) is 14.9 Å². The normalized spacial score (nSPS) is 10.4. The van der Waals surface area contributed by atoms with Crippen LogP contribution < -0.4 is 10.6 Å². The Morgan fingerprint density at radius 3 is 2.62 bits per heavy atom. The van der Waals surface area contributed by atoms with E-state index in [0.717, 1.165) is 12.8 Å². The van der Waals surface area contributed by atoms with E-state index in [1.54, 1.807) is 7.05 Å². The average molecular weight is 297 g/mol. The first kappa shape index (κ1) is 16.9. The minimum Gasteiger partial charge on any atom is -0.364 e. The number of rotatable bonds is 9. The Bertz CT molecular complexity index is 498. The van der Waals surface area contributed by atoms with Gasteiger partial charge in [0.25, 0.3) is 0 Å². The molecule has 2 N–H and O–H groups in total. The second kappa shape index (κ2) is 8.23. The Morgan fingerprint density at radius 1 is 1.33 bits per heavy atom. The topological polar surface area (TPSA) is 102 Å². The molecule has 1 rings (SSSR count). The number of hydrogen-bond donors (Lipinski definition) is 2. The van der Waals surface area contributed by atoms with Gasteiger partial charge >= 0.3 is 5.69 Å². The average Bonchev–Trinajstić information content (AvgIpc) is 2.73. The number of nitrogens with one attached hydrogen (secondary N) is 2. The van der Waals surface area contributed by atoms with E-state index in [-0.39, 0.29) is 18.0 Å². The molecule has 0 saturated carbocycles. The first-order valence-corrected chi connectivity index (χ1v) is 7.22. The van der Waals surface area contributed by atoms with Gasteiger partial charge in [0.15, 0.2) is 0 Å². The Hall–Kier alpha value is -2.12. The lowest BCUT2D eigenvalue weighted by atomic mass is 10.2. The van der Waals surface area contributed by atoms with Gasteiger partial charge < -0.3 is 10.6 Å². The molecule has 0 atom stereocenters. The van der Waals surface area contributed by atoms with Crippen LogP contribution in [0.1, 0.15) is 38.8 Å². The van der Waals surface area contributed by atoms with E-state index in [1.165, 1.54) is 4.68 Å². The summed E-state index contributed by atoms with van der Waals surface area (Å²) in [7, 11) is 1.66. The molecule has 118 valence electrons. The second-order valence-electron chi connectivity index (χ2n) is 4.80. The van der Waals surface area contributed by atoms with E-state index >= 15 is 0 Å². The number of nitrogens with zero attached hydrogens (tertiary/aromatic N) is 3. The van der Waals surface area contributed by atoms with Gasteiger partial charge in [0, 0.05) is 26.6 Å². The highest BCUT2D eigenvalue weighted by atomic mass is 16.6. The van der Waals surface area contributed by atoms with Crippen LogP contribution >= 0.6 is 0 Å². The van der Waals surface area contributed by atoms with Crippen molar-refractivity contribution in [1.29, 1.82) is 0 Å². The molecule has 0 aliphatic rings. The van der Waals surface area contributed by atoms with Crippen molar-refractivity contribution < 1.29 is 9.72 Å². The summed E-state index contributed by atoms with van der Waals surface area (Å²) < 4.78 is 1.47. The summed E-state index contributed by atoms with van der Waals surface area (Å²) >= 11 is 0. The van der Waals surface area contributed by atoms with Gasteiger partial charge in [-0.15, -0.1) is 0 Å². The number of amides is 1. The van der Waals surface area contributed by atoms with Gasteiger partial charge in [-0.25, -0.2) is 4.68 Å². The second-order valence-corrected chi connectivity index (χ2v) is 4.80. The molecule has 0 unspecified atom stereocenters. The molecule has 0 spiro atoms. The third kappa shape index (κ3) is 4.73. The molecular formula is C13H23N5O3. The molecule has 0 aliphatic heterocycles. The molecule has 0 saturated heterocycles. The fraction of sp³-hybridized carbons (Fsp3) is 0.692. The molecule has 1 aromatic rings. The summed E-state index contributed by atoms with van der Waals surface area (Å²) in [5.41, 5.74) is 0.483. The summed E-state index contributed by atoms with van der Waals surface area (Å²) in [5, 5.41) is 21.1. The lowest BCUT2D eigenvalue weighted by Crippen LogP contribution is -2.26. The van der Waals surface area contributed by atoms with Crippen molar-refractivity contribution in [3.63, 3.8) is 0 Å². The van der Waals surface area contributed by atoms with Crippen molar-refractivity contribution in [2.45, 2.75) is 39.5 Å². The molecule has 1 amide bonds. The predicted molar refractivity (Wildman–Crippen MR) is 80.3 cm³/mol. The Morgan fingerprint density at radius 2 is 2.05 bits per heavy atom. The van der Waals surface area contributed by atoms with Gasteiger partial charge in [-0.2, -0.15) is 5.10 Å². The smallest absolute Gasteiger partial charge is 0.333 e. The van der Waals surface area contributed by atoms with Gasteiger partial charge in [-0.3, -0.25) is 14.9 Å². The SMILES string of the molecule is CCCNC(=O)CCNc1c([N+](=O)[O-])c(CCC)nn1C. The molecule has 1 heterocycles. The number of aryl methyl sites for hydroxylation is 2. The molecule has 0 bridgehead atoms. The number of anilines is 1. The summed E-state index contributed by atoms with van der Waals surface area (Å²) in [4.78, 5) is 22.3. The monoisotopic (exact) mass is 297 g/mol. The lowest BCUT2D eigenvalue weighted by Gasteiger charge is -2.06. The molecule has 21 heavy (non-hydrogen) atoms. The van der Waals surface area contributed by atoms with E-state index in [2.05, 4.69) is 15.7 Å². The predicted octanol–water partition coefficient (Wildman–Crippen LogP) is 1.61. The minimum absolute atomic E-state index is 0.00770. The standard InChI is InChI=1S/C13H23N5O3/c1-4-6-10-12(18(20)21)13(17(3)16-10)15-9-7-11(19)14-8-5-2/h15H,4-9H2,1-3H3,(H,14,19). The maximum absolute atomic E-state index is 11.5. The number of nitro groups is 1. The fourth-order valence-electron chi connectivity index (χ4n) is 2.01. The van der Waals surface area contributed by atoms with Gasteiger partial charge in [0.05, 0.1) is 4.92 Å². The molecule has 8 heteroatoms. The highest BCUT2D eigenvalue weighted by molar-refractivity contribution is 5.76. The van der Waals surface area contributed by atoms with Crippen molar-refractivity contribution in [3.05, 3.63) is 15.8 Å². The summed E-state index contributed by atoms with van der Waals surface area (Å²) in [6.45, 7) is 4.91. The third-order valence-electron chi connectivity index (χ3n) is 2.98. The van der Waals surface area contributed by atoms with Crippen LogP contribution in [0.2, 0.25) is 0 Å². The molecule has 0 aromatic carbocycles. The van der Waals surface area contributed by atoms with Crippen LogP contribution in [0.5, 0.6) is 0 Å². The Labute approximate surface area is 124 Å². The third-order valence-corrected chi connectivity index (χ3v) is 2.98. The zero-order valence-corrected chi connectivity index (χ0v) is 12.8. The van der Waals surface area contributed by atoms with Crippen molar-refractivity contribution in [1.82, 2.24) is 15.1 Å². The van der Waals surface area contributed by atoms with Crippen LogP contribution in [0.4, 0.5) is 11.5 Å². The number of aromatic nitrogens is 2. The summed E-state index contributed by atoms with van der Waals surface area (Å²) in [6, 6.07) is 0. The van der Waals surface area contributed by atoms with Gasteiger partial charge in [0.1, 0.15) is 5.69 Å². The van der Waals surface area contributed by atoms with E-state index in [0.29, 0.717) is 31.0 Å². The van der Waals surface area contributed by atoms with E-state index in [1.807, 2.05) is 13.8 Å². The van der Waals surface area contributed by atoms with Crippen LogP contribution in [0.15, 0.2) is 0 Å². The van der Waals surface area contributed by atoms with Gasteiger partial charge in [-0.05, 0) is 12.8 Å². The molecular weight excluding hydrogens is 274 g/mol. The number of hydrogen-bond acceptors (Lipinski definition) is 5. The minimum atomic E-state index is -0.419. The van der Waals surface area contributed by atoms with Crippen molar-refractivity contribution in [2.24, 2.45) is 7.05 Å². The van der Waals surface area contributed by atoms with Gasteiger partial charge in [-0.1, -0.05) is 20.3 Å². The lowest BCUT2D eigenvalue weighted by molar-refractivity contribution is -0.384. The molecule has 1 aromatic heterocycles. The maximum atomic E-state index is 11.5. The molecule has 0 aliphatic carbocycles. The van der Waals surface area contributed by atoms with E-state index < -0.39 is 4.92 Å². The maximum Gasteiger partial charge on any atom is 0.333 e. The quantitative estimate of drug-likeness (QED) is 0.532.